The molecule has 0 aromatic heterocycles. The van der Waals surface area contributed by atoms with E-state index < -0.39 is 40.4 Å². The molecular weight excluding hydrogens is 1380 g/mol. The number of carbonyl (C=O) groups is 5. The van der Waals surface area contributed by atoms with Crippen molar-refractivity contribution < 1.29 is 47.7 Å². The molecule has 0 N–H and O–H groups in total. The summed E-state index contributed by atoms with van der Waals surface area (Å²) in [5, 5.41) is 0. The minimum absolute atomic E-state index is 0. The lowest BCUT2D eigenvalue weighted by Crippen LogP contribution is -2.51. The van der Waals surface area contributed by atoms with Gasteiger partial charge >= 0.3 is 0 Å². The maximum atomic E-state index is 10.6. The molecule has 19 heteroatoms. The van der Waals surface area contributed by atoms with Crippen LogP contribution < -0.4 is 23.7 Å². The summed E-state index contributed by atoms with van der Waals surface area (Å²) in [6.07, 6.45) is 15.7. The third-order valence-corrected chi connectivity index (χ3v) is 24.8. The van der Waals surface area contributed by atoms with Crippen LogP contribution >= 0.6 is 0 Å². The van der Waals surface area contributed by atoms with E-state index in [1.807, 2.05) is 60.7 Å². The number of piperidine rings is 1. The van der Waals surface area contributed by atoms with E-state index >= 15 is 0 Å². The van der Waals surface area contributed by atoms with Gasteiger partial charge in [-0.1, -0.05) is 206 Å². The molecule has 0 atom stereocenters. The predicted octanol–water partition coefficient (Wildman–Crippen LogP) is 23.2. The van der Waals surface area contributed by atoms with Crippen LogP contribution in [0.5, 0.6) is 28.7 Å². The van der Waals surface area contributed by atoms with Gasteiger partial charge in [0.05, 0.1) is 49.9 Å². The van der Waals surface area contributed by atoms with Gasteiger partial charge in [-0.25, -0.2) is 0 Å². The Balaban J connectivity index is -0.000000130. The highest BCUT2D eigenvalue weighted by atomic mass is 28.3. The first-order valence-corrected chi connectivity index (χ1v) is 51.1. The van der Waals surface area contributed by atoms with Crippen LogP contribution in [-0.2, 0) is 0 Å². The van der Waals surface area contributed by atoms with Crippen LogP contribution in [0.3, 0.4) is 0 Å². The maximum Gasteiger partial charge on any atom is 0.150 e. The van der Waals surface area contributed by atoms with Crippen molar-refractivity contribution in [1.29, 1.82) is 0 Å². The second-order valence-electron chi connectivity index (χ2n) is 30.0. The SMILES string of the molecule is C.C.C.C.C.C.C.C.C.C.C.C.CCCC[Si](C)(C)COc1ccc(C=O)cc1.CN(C)C[Si](C)(C)COc1ccc(C=O)cc1.C[Si](C)(C)CCCOc1ccc(C=O)cc1.C[Si](C)(C)CN1CCC(COc2ccc(C=O)cc2)CC1.C[Si](C)(C)CN1CCN(COc2ccc(C=O)cc2)CC1. The molecule has 7 rings (SSSR count). The van der Waals surface area contributed by atoms with Gasteiger partial charge in [0.2, 0.25) is 0 Å². The summed E-state index contributed by atoms with van der Waals surface area (Å²) in [4.78, 5) is 62.5. The Morgan fingerprint density at radius 1 is 0.365 bits per heavy atom. The number of carbonyl (C=O) groups excluding carboxylic acids is 5. The van der Waals surface area contributed by atoms with Crippen LogP contribution in [-0.4, -0.2) is 196 Å². The lowest BCUT2D eigenvalue weighted by Gasteiger charge is -2.37. The molecule has 2 aliphatic heterocycles. The van der Waals surface area contributed by atoms with Gasteiger partial charge in [0.1, 0.15) is 75.0 Å². The standard InChI is InChI=1S/C17H27NO2Si.C16H26N2O2Si.C14H22O2Si.C13H21NO2Si.C13H20O2Si.12CH4/c1-21(2,3)14-18-10-8-16(9-11-18)13-20-17-6-4-15(12-19)5-7-17;1-21(2,3)14-18-10-8-17(9-11-18)13-20-16-6-4-15(12-19)5-7-16;1-4-5-10-17(2,3)12-16-14-8-6-13(11-15)7-9-14;1-14(2)10-17(3,4)11-16-13-7-5-12(9-15)6-8-13;1-16(2,3)10-4-9-15-13-7-5-12(11-14)6-8-13;;;;;;;;;;;;/h4-7,12,16H,8-11,13-14H2,1-3H3;4-7,12H,8-11,13-14H2,1-3H3;6-9,11H,4-5,10,12H2,1-3H3;5-9H,10-11H2,1-4H3;5-8,11H,4,9-10H2,1-3H3;12*1H4. The van der Waals surface area contributed by atoms with E-state index in [1.165, 1.54) is 63.2 Å². The third kappa shape index (κ3) is 56.7. The number of benzene rings is 5. The number of hydrogen-bond acceptors (Lipinski definition) is 14. The van der Waals surface area contributed by atoms with Crippen LogP contribution in [0.15, 0.2) is 121 Å². The van der Waals surface area contributed by atoms with Gasteiger partial charge in [0.25, 0.3) is 0 Å². The van der Waals surface area contributed by atoms with E-state index in [1.54, 1.807) is 60.7 Å². The Morgan fingerprint density at radius 3 is 0.971 bits per heavy atom. The van der Waals surface area contributed by atoms with Gasteiger partial charge in [0, 0.05) is 62.1 Å². The number of hydrogen-bond donors (Lipinski definition) is 0. The summed E-state index contributed by atoms with van der Waals surface area (Å²) in [7, 11) is -1.29. The molecule has 0 spiro atoms. The summed E-state index contributed by atoms with van der Waals surface area (Å²) in [6, 6.07) is 39.1. The molecule has 14 nitrogen and oxygen atoms in total. The number of rotatable bonds is 31. The van der Waals surface area contributed by atoms with Crippen LogP contribution in [0.2, 0.25) is 97.2 Å². The Morgan fingerprint density at radius 2 is 0.663 bits per heavy atom. The van der Waals surface area contributed by atoms with Gasteiger partial charge in [0.15, 0.2) is 0 Å². The number of likely N-dealkylation sites (tertiary alicyclic amines) is 1. The molecule has 604 valence electrons. The zero-order chi connectivity index (χ0) is 68.2. The van der Waals surface area contributed by atoms with Gasteiger partial charge in [-0.15, -0.1) is 0 Å². The van der Waals surface area contributed by atoms with E-state index in [9.17, 15) is 24.0 Å². The van der Waals surface area contributed by atoms with Crippen molar-refractivity contribution in [1.82, 2.24) is 19.6 Å². The topological polar surface area (TPSA) is 144 Å². The number of nitrogens with zero attached hydrogens (tertiary/aromatic N) is 4. The first-order valence-electron chi connectivity index (χ1n) is 33.2. The number of unbranched alkanes of at least 4 members (excludes halogenated alkanes) is 1. The van der Waals surface area contributed by atoms with Crippen LogP contribution in [0.25, 0.3) is 0 Å². The van der Waals surface area contributed by atoms with Crippen LogP contribution in [0.1, 0.15) is 180 Å². The molecule has 0 saturated carbocycles. The largest absolute Gasteiger partial charge is 0.497 e. The average Bonchev–Trinajstić information content (AvgIpc) is 0.894. The van der Waals surface area contributed by atoms with E-state index in [0.29, 0.717) is 40.5 Å². The van der Waals surface area contributed by atoms with Crippen molar-refractivity contribution in [2.24, 2.45) is 5.92 Å². The summed E-state index contributed by atoms with van der Waals surface area (Å²) in [6.45, 7) is 42.3. The molecule has 104 heavy (non-hydrogen) atoms. The van der Waals surface area contributed by atoms with Crippen molar-refractivity contribution >= 4 is 71.8 Å². The van der Waals surface area contributed by atoms with Gasteiger partial charge in [-0.2, -0.15) is 0 Å². The van der Waals surface area contributed by atoms with Gasteiger partial charge in [-0.05, 0) is 192 Å². The molecule has 0 unspecified atom stereocenters. The summed E-state index contributed by atoms with van der Waals surface area (Å²) in [5.41, 5.74) is 3.45. The third-order valence-electron chi connectivity index (χ3n) is 15.1. The molecule has 0 radical (unpaired) electrons. The Kier molecular flexibility index (Phi) is 71.7. The zero-order valence-electron chi connectivity index (χ0n) is 59.2. The fraction of sp³-hybridized carbons (Fsp3) is 0.588. The quantitative estimate of drug-likeness (QED) is 0.0236. The van der Waals surface area contributed by atoms with Crippen LogP contribution in [0.4, 0.5) is 0 Å². The van der Waals surface area contributed by atoms with Crippen molar-refractivity contribution in [3.8, 4) is 28.7 Å². The Hall–Kier alpha value is -5.63. The second-order valence-corrected chi connectivity index (χ2v) is 56.6. The summed E-state index contributed by atoms with van der Waals surface area (Å²) >= 11 is 0. The van der Waals surface area contributed by atoms with Crippen molar-refractivity contribution in [2.75, 3.05) is 104 Å². The molecule has 2 fully saturated rings. The first kappa shape index (κ1) is 119. The summed E-state index contributed by atoms with van der Waals surface area (Å²) < 4.78 is 28.8. The highest BCUT2D eigenvalue weighted by Gasteiger charge is 2.26. The zero-order valence-corrected chi connectivity index (χ0v) is 64.2. The number of ether oxygens (including phenoxy) is 5. The van der Waals surface area contributed by atoms with E-state index in [2.05, 4.69) is 126 Å². The van der Waals surface area contributed by atoms with Crippen LogP contribution in [0, 0.1) is 5.92 Å². The van der Waals surface area contributed by atoms with Crippen molar-refractivity contribution in [3.63, 3.8) is 0 Å². The summed E-state index contributed by atoms with van der Waals surface area (Å²) in [5.74, 6) is 4.91. The molecule has 0 aliphatic carbocycles. The van der Waals surface area contributed by atoms with Gasteiger partial charge < -0.3 is 38.4 Å². The monoisotopic (exact) mass is 1540 g/mol. The molecular formula is C85H164N4O10Si5. The minimum atomic E-state index is -1.34. The fourth-order valence-corrected chi connectivity index (χ4v) is 19.2. The van der Waals surface area contributed by atoms with Gasteiger partial charge in [-0.3, -0.25) is 28.9 Å². The highest BCUT2D eigenvalue weighted by molar-refractivity contribution is 6.78. The molecule has 0 bridgehead atoms. The second kappa shape index (κ2) is 62.4. The van der Waals surface area contributed by atoms with Crippen molar-refractivity contribution in [3.05, 3.63) is 149 Å². The highest BCUT2D eigenvalue weighted by Crippen LogP contribution is 2.23. The first-order chi connectivity index (χ1) is 43.4. The Labute approximate surface area is 648 Å². The molecule has 2 saturated heterocycles. The molecule has 0 amide bonds. The van der Waals surface area contributed by atoms with E-state index in [-0.39, 0.29) is 89.1 Å². The van der Waals surface area contributed by atoms with E-state index in [0.717, 1.165) is 125 Å². The lowest BCUT2D eigenvalue weighted by atomic mass is 9.98. The minimum Gasteiger partial charge on any atom is -0.497 e. The van der Waals surface area contributed by atoms with E-state index in [4.69, 9.17) is 23.7 Å². The average molecular weight is 1540 g/mol. The smallest absolute Gasteiger partial charge is 0.150 e. The molecule has 2 heterocycles. The van der Waals surface area contributed by atoms with Crippen molar-refractivity contribution in [2.45, 2.75) is 225 Å². The maximum absolute atomic E-state index is 10.6. The predicted molar refractivity (Wildman–Crippen MR) is 477 cm³/mol. The normalized spacial score (nSPS) is 12.6. The molecule has 2 aliphatic rings. The lowest BCUT2D eigenvalue weighted by molar-refractivity contribution is 0.0726. The molecule has 5 aromatic carbocycles. The Bertz CT molecular complexity index is 2740. The number of piperazine rings is 1. The number of aldehydes is 5. The fourth-order valence-electron chi connectivity index (χ4n) is 10.3. The molecule has 5 aromatic rings.